The lowest BCUT2D eigenvalue weighted by molar-refractivity contribution is 0.0873. The number of nitrogens with zero attached hydrogens (tertiary/aromatic N) is 8. The van der Waals surface area contributed by atoms with Gasteiger partial charge in [-0.3, -0.25) is 5.87 Å². The molecule has 1 fully saturated rings. The van der Waals surface area contributed by atoms with Crippen molar-refractivity contribution in [1.29, 1.82) is 10.5 Å². The summed E-state index contributed by atoms with van der Waals surface area (Å²) in [6.07, 6.45) is 11.6. The van der Waals surface area contributed by atoms with Crippen molar-refractivity contribution in [2.75, 3.05) is 32.8 Å². The Bertz CT molecular complexity index is 2140. The number of piperazine rings is 1. The molecule has 2 aromatic carbocycles. The van der Waals surface area contributed by atoms with Crippen LogP contribution in [0.25, 0.3) is 31.1 Å². The number of carbonyl (C=O) groups is 1. The fraction of sp³-hybridized carbons (Fsp3) is 0.190. The van der Waals surface area contributed by atoms with E-state index in [4.69, 9.17) is 24.5 Å². The third-order valence-electron chi connectivity index (χ3n) is 8.31. The van der Waals surface area contributed by atoms with Gasteiger partial charge in [0.15, 0.2) is 0 Å². The maximum atomic E-state index is 12.4. The molecule has 10 heteroatoms. The smallest absolute Gasteiger partial charge is 0.528 e. The van der Waals surface area contributed by atoms with Gasteiger partial charge in [-0.1, -0.05) is 85.0 Å². The molecule has 1 aliphatic carbocycles. The first-order valence-electron chi connectivity index (χ1n) is 16.4. The second kappa shape index (κ2) is 19.0. The maximum absolute atomic E-state index is 12.4. The van der Waals surface area contributed by atoms with Gasteiger partial charge in [0, 0.05) is 37.4 Å². The molecule has 1 amide bonds. The van der Waals surface area contributed by atoms with Crippen LogP contribution in [0.4, 0.5) is 4.79 Å². The molecular weight excluding hydrogens is 649 g/mol. The SMILES string of the molecule is [C-]#[N+]C(C#N)=C(C(=C=[N-])C=CC=C1CCC(C=CC=C(C#N)C(=C([N+]#[C-])[N+]#[C-])c2ccccc2)=C1N1CCN(C(=O)OCC)CC1)c1ccccc1. The highest BCUT2D eigenvalue weighted by Crippen LogP contribution is 2.36. The minimum atomic E-state index is -0.353. The molecule has 254 valence electrons. The van der Waals surface area contributed by atoms with E-state index in [1.807, 2.05) is 30.4 Å². The van der Waals surface area contributed by atoms with Crippen molar-refractivity contribution < 1.29 is 9.53 Å². The quantitative estimate of drug-likeness (QED) is 0.108. The summed E-state index contributed by atoms with van der Waals surface area (Å²) in [5, 5.41) is 29.9. The predicted molar refractivity (Wildman–Crippen MR) is 201 cm³/mol. The Morgan fingerprint density at radius 1 is 0.885 bits per heavy atom. The lowest BCUT2D eigenvalue weighted by Crippen LogP contribution is -2.48. The fourth-order valence-corrected chi connectivity index (χ4v) is 5.95. The van der Waals surface area contributed by atoms with E-state index in [9.17, 15) is 20.7 Å². The third-order valence-corrected chi connectivity index (χ3v) is 8.31. The van der Waals surface area contributed by atoms with E-state index in [1.165, 1.54) is 0 Å². The van der Waals surface area contributed by atoms with Crippen molar-refractivity contribution >= 4 is 23.1 Å². The van der Waals surface area contributed by atoms with E-state index < -0.39 is 0 Å². The second-order valence-corrected chi connectivity index (χ2v) is 11.3. The second-order valence-electron chi connectivity index (χ2n) is 11.3. The zero-order chi connectivity index (χ0) is 37.3. The number of ether oxygens (including phenoxy) is 1. The van der Waals surface area contributed by atoms with Gasteiger partial charge in [0.05, 0.1) is 36.5 Å². The Hall–Kier alpha value is -7.41. The van der Waals surface area contributed by atoms with Gasteiger partial charge in [-0.2, -0.15) is 15.0 Å². The summed E-state index contributed by atoms with van der Waals surface area (Å²) in [5.74, 6) is 1.96. The van der Waals surface area contributed by atoms with Gasteiger partial charge in [0.1, 0.15) is 13.1 Å². The number of rotatable bonds is 10. The Balaban J connectivity index is 1.75. The lowest BCUT2D eigenvalue weighted by Gasteiger charge is -2.37. The zero-order valence-corrected chi connectivity index (χ0v) is 28.6. The number of nitriles is 2. The lowest BCUT2D eigenvalue weighted by atomic mass is 9.96. The van der Waals surface area contributed by atoms with Crippen LogP contribution in [0.2, 0.25) is 0 Å². The van der Waals surface area contributed by atoms with E-state index in [-0.39, 0.29) is 39.9 Å². The van der Waals surface area contributed by atoms with E-state index in [0.29, 0.717) is 56.8 Å². The molecule has 0 atom stereocenters. The average molecular weight is 682 g/mol. The van der Waals surface area contributed by atoms with Crippen LogP contribution in [-0.2, 0) is 4.74 Å². The first-order valence-corrected chi connectivity index (χ1v) is 16.4. The standard InChI is InChI=1S/C42H33N8O2/c1-5-52-42(51)50-26-24-49(25-27-50)40-33(18-12-20-35(28-43)38(37(30-45)46-2)31-14-8-6-9-15-31)22-23-34(40)19-13-21-36(29-44)39(41(47-3)48-4)32-16-10-7-11-17-32/h6-21H,5,22-27H2,1H3/q-1. The summed E-state index contributed by atoms with van der Waals surface area (Å²) in [7, 11) is 0. The molecule has 0 N–H and O–H groups in total. The molecule has 2 aromatic rings. The first-order chi connectivity index (χ1) is 25.4. The number of hydrogen-bond acceptors (Lipinski definition) is 5. The van der Waals surface area contributed by atoms with Crippen LogP contribution in [0.5, 0.6) is 0 Å². The van der Waals surface area contributed by atoms with Crippen LogP contribution in [0.1, 0.15) is 30.9 Å². The van der Waals surface area contributed by atoms with Crippen molar-refractivity contribution in [1.82, 2.24) is 9.80 Å². The van der Waals surface area contributed by atoms with Gasteiger partial charge in [-0.05, 0) is 59.8 Å². The van der Waals surface area contributed by atoms with Gasteiger partial charge in [-0.15, -0.1) is 0 Å². The topological polar surface area (TPSA) is 116 Å². The average Bonchev–Trinajstić information content (AvgIpc) is 3.59. The minimum Gasteiger partial charge on any atom is -0.763 e. The molecule has 4 rings (SSSR count). The van der Waals surface area contributed by atoms with Crippen LogP contribution in [0, 0.1) is 42.4 Å². The molecule has 1 saturated heterocycles. The molecule has 0 bridgehead atoms. The number of allylic oxidation sites excluding steroid dienone is 13. The highest BCUT2D eigenvalue weighted by molar-refractivity contribution is 5.95. The number of benzene rings is 2. The van der Waals surface area contributed by atoms with E-state index in [2.05, 4.69) is 31.4 Å². The van der Waals surface area contributed by atoms with E-state index in [0.717, 1.165) is 16.8 Å². The van der Waals surface area contributed by atoms with Crippen molar-refractivity contribution in [3.05, 3.63) is 187 Å². The van der Waals surface area contributed by atoms with Crippen molar-refractivity contribution in [3.8, 4) is 12.1 Å². The normalized spacial score (nSPS) is 15.5. The molecule has 0 radical (unpaired) electrons. The molecule has 1 heterocycles. The Kier molecular flexibility index (Phi) is 13.6. The largest absolute Gasteiger partial charge is 0.763 e. The van der Waals surface area contributed by atoms with Crippen LogP contribution in [-0.4, -0.2) is 54.5 Å². The van der Waals surface area contributed by atoms with Gasteiger partial charge < -0.3 is 19.9 Å². The molecule has 1 aliphatic heterocycles. The Morgan fingerprint density at radius 2 is 1.52 bits per heavy atom. The van der Waals surface area contributed by atoms with Crippen molar-refractivity contribution in [2.24, 2.45) is 0 Å². The third kappa shape index (κ3) is 8.98. The highest BCUT2D eigenvalue weighted by Gasteiger charge is 2.28. The zero-order valence-electron chi connectivity index (χ0n) is 28.6. The summed E-state index contributed by atoms with van der Waals surface area (Å²) < 4.78 is 5.21. The number of carbonyl (C=O) groups excluding carboxylic acids is 1. The Labute approximate surface area is 304 Å². The highest BCUT2D eigenvalue weighted by atomic mass is 16.6. The predicted octanol–water partition coefficient (Wildman–Crippen LogP) is 8.52. The van der Waals surface area contributed by atoms with Crippen LogP contribution >= 0.6 is 0 Å². The van der Waals surface area contributed by atoms with Gasteiger partial charge in [0.2, 0.25) is 0 Å². The summed E-state index contributed by atoms with van der Waals surface area (Å²) in [4.78, 5) is 26.4. The van der Waals surface area contributed by atoms with Crippen molar-refractivity contribution in [2.45, 2.75) is 19.8 Å². The monoisotopic (exact) mass is 681 g/mol. The molecule has 0 saturated carbocycles. The van der Waals surface area contributed by atoms with E-state index in [1.54, 1.807) is 84.7 Å². The first kappa shape index (κ1) is 37.4. The van der Waals surface area contributed by atoms with Gasteiger partial charge in [0.25, 0.3) is 5.70 Å². The summed E-state index contributed by atoms with van der Waals surface area (Å²) in [5.41, 5.74) is 4.86. The van der Waals surface area contributed by atoms with Crippen LogP contribution < -0.4 is 0 Å². The molecule has 0 aromatic heterocycles. The number of hydrogen-bond donors (Lipinski definition) is 0. The van der Waals surface area contributed by atoms with Crippen molar-refractivity contribution in [3.63, 3.8) is 0 Å². The summed E-state index contributed by atoms with van der Waals surface area (Å²) in [6.45, 7) is 26.7. The summed E-state index contributed by atoms with van der Waals surface area (Å²) in [6, 6.07) is 21.9. The molecule has 52 heavy (non-hydrogen) atoms. The Morgan fingerprint density at radius 3 is 2.06 bits per heavy atom. The van der Waals surface area contributed by atoms with Gasteiger partial charge >= 0.3 is 11.9 Å². The minimum absolute atomic E-state index is 0.177. The molecule has 0 spiro atoms. The fourth-order valence-electron chi connectivity index (χ4n) is 5.95. The van der Waals surface area contributed by atoms with E-state index >= 15 is 0 Å². The van der Waals surface area contributed by atoms with Crippen LogP contribution in [0.15, 0.2) is 137 Å². The molecule has 10 nitrogen and oxygen atoms in total. The molecule has 0 unspecified atom stereocenters. The number of amides is 1. The molecular formula is C42H33N8O2-. The van der Waals surface area contributed by atoms with Crippen LogP contribution in [0.3, 0.4) is 0 Å². The molecule has 2 aliphatic rings. The van der Waals surface area contributed by atoms with Gasteiger partial charge in [-0.25, -0.2) is 14.9 Å². The summed E-state index contributed by atoms with van der Waals surface area (Å²) >= 11 is 0. The maximum Gasteiger partial charge on any atom is 0.528 e.